The van der Waals surface area contributed by atoms with Crippen LogP contribution in [0, 0.1) is 9.39 Å². The highest BCUT2D eigenvalue weighted by atomic mass is 127. The Bertz CT molecular complexity index is 712. The molecule has 0 radical (unpaired) electrons. The van der Waals surface area contributed by atoms with Crippen molar-refractivity contribution in [3.05, 3.63) is 68.5 Å². The van der Waals surface area contributed by atoms with E-state index in [0.717, 1.165) is 9.13 Å². The number of carbonyl (C=O) groups excluding carboxylic acids is 2. The van der Waals surface area contributed by atoms with Crippen molar-refractivity contribution in [2.45, 2.75) is 6.54 Å². The lowest BCUT2D eigenvalue weighted by atomic mass is 10.1. The minimum absolute atomic E-state index is 0.155. The number of amides is 2. The molecule has 1 heterocycles. The van der Waals surface area contributed by atoms with Crippen LogP contribution in [-0.4, -0.2) is 16.7 Å². The third-order valence-electron chi connectivity index (χ3n) is 3.20. The zero-order chi connectivity index (χ0) is 14.3. The number of fused-ring (bicyclic) bond motifs is 1. The molecule has 0 N–H and O–H groups in total. The maximum Gasteiger partial charge on any atom is 0.262 e. The molecule has 2 aromatic rings. The van der Waals surface area contributed by atoms with Crippen molar-refractivity contribution in [2.24, 2.45) is 0 Å². The molecule has 20 heavy (non-hydrogen) atoms. The molecule has 3 nitrogen and oxygen atoms in total. The van der Waals surface area contributed by atoms with Crippen molar-refractivity contribution >= 4 is 34.4 Å². The van der Waals surface area contributed by atoms with Crippen molar-refractivity contribution in [2.75, 3.05) is 0 Å². The molecule has 0 aliphatic carbocycles. The SMILES string of the molecule is O=C1c2cccc(I)c2C(=O)N1Cc1ccc(F)cc1. The molecule has 100 valence electrons. The second-order valence-electron chi connectivity index (χ2n) is 4.49. The normalized spacial score (nSPS) is 13.8. The first-order chi connectivity index (χ1) is 9.58. The first-order valence-electron chi connectivity index (χ1n) is 5.97. The van der Waals surface area contributed by atoms with E-state index in [1.54, 1.807) is 30.3 Å². The van der Waals surface area contributed by atoms with Crippen molar-refractivity contribution < 1.29 is 14.0 Å². The number of hydrogen-bond donors (Lipinski definition) is 0. The highest BCUT2D eigenvalue weighted by molar-refractivity contribution is 14.1. The summed E-state index contributed by atoms with van der Waals surface area (Å²) in [5, 5.41) is 0. The highest BCUT2D eigenvalue weighted by Gasteiger charge is 2.36. The summed E-state index contributed by atoms with van der Waals surface area (Å²) in [6.45, 7) is 0.155. The number of carbonyl (C=O) groups is 2. The van der Waals surface area contributed by atoms with Gasteiger partial charge in [0.2, 0.25) is 0 Å². The largest absolute Gasteiger partial charge is 0.270 e. The molecule has 0 spiro atoms. The Labute approximate surface area is 128 Å². The van der Waals surface area contributed by atoms with Crippen LogP contribution in [-0.2, 0) is 6.54 Å². The summed E-state index contributed by atoms with van der Waals surface area (Å²) in [5.74, 6) is -0.933. The predicted molar refractivity (Wildman–Crippen MR) is 79.8 cm³/mol. The number of rotatable bonds is 2. The van der Waals surface area contributed by atoms with Gasteiger partial charge in [-0.3, -0.25) is 14.5 Å². The number of hydrogen-bond acceptors (Lipinski definition) is 2. The zero-order valence-corrected chi connectivity index (χ0v) is 12.4. The Balaban J connectivity index is 1.94. The molecule has 5 heteroatoms. The second-order valence-corrected chi connectivity index (χ2v) is 5.65. The van der Waals surface area contributed by atoms with Crippen molar-refractivity contribution in [3.8, 4) is 0 Å². The van der Waals surface area contributed by atoms with Gasteiger partial charge in [0, 0.05) is 3.57 Å². The lowest BCUT2D eigenvalue weighted by molar-refractivity contribution is 0.0642. The van der Waals surface area contributed by atoms with E-state index in [4.69, 9.17) is 0 Å². The zero-order valence-electron chi connectivity index (χ0n) is 10.3. The monoisotopic (exact) mass is 381 g/mol. The molecule has 1 aliphatic heterocycles. The van der Waals surface area contributed by atoms with E-state index in [2.05, 4.69) is 0 Å². The van der Waals surface area contributed by atoms with E-state index in [0.29, 0.717) is 11.1 Å². The maximum atomic E-state index is 12.9. The van der Waals surface area contributed by atoms with Gasteiger partial charge in [0.25, 0.3) is 11.8 Å². The summed E-state index contributed by atoms with van der Waals surface area (Å²) in [4.78, 5) is 25.8. The molecule has 0 bridgehead atoms. The number of imide groups is 1. The van der Waals surface area contributed by atoms with Gasteiger partial charge in [0.1, 0.15) is 5.82 Å². The lowest BCUT2D eigenvalue weighted by Gasteiger charge is -2.13. The van der Waals surface area contributed by atoms with Gasteiger partial charge in [-0.05, 0) is 52.4 Å². The van der Waals surface area contributed by atoms with Gasteiger partial charge in [-0.25, -0.2) is 4.39 Å². The fourth-order valence-electron chi connectivity index (χ4n) is 2.21. The molecular weight excluding hydrogens is 372 g/mol. The van der Waals surface area contributed by atoms with E-state index in [1.165, 1.54) is 17.0 Å². The quantitative estimate of drug-likeness (QED) is 0.592. The average Bonchev–Trinajstić information content (AvgIpc) is 2.67. The van der Waals surface area contributed by atoms with Crippen molar-refractivity contribution in [1.29, 1.82) is 0 Å². The minimum atomic E-state index is -0.342. The summed E-state index contributed by atoms with van der Waals surface area (Å²) in [6.07, 6.45) is 0. The average molecular weight is 381 g/mol. The molecule has 0 atom stereocenters. The first-order valence-corrected chi connectivity index (χ1v) is 7.05. The van der Waals surface area contributed by atoms with Gasteiger partial charge in [0.15, 0.2) is 0 Å². The molecule has 0 fully saturated rings. The Morgan fingerprint density at radius 3 is 2.35 bits per heavy atom. The van der Waals surface area contributed by atoms with Crippen LogP contribution in [0.3, 0.4) is 0 Å². The number of halogens is 2. The van der Waals surface area contributed by atoms with Crippen LogP contribution in [0.5, 0.6) is 0 Å². The molecular formula is C15H9FINO2. The number of benzene rings is 2. The van der Waals surface area contributed by atoms with Crippen LogP contribution in [0.15, 0.2) is 42.5 Å². The highest BCUT2D eigenvalue weighted by Crippen LogP contribution is 2.28. The van der Waals surface area contributed by atoms with Gasteiger partial charge in [-0.2, -0.15) is 0 Å². The van der Waals surface area contributed by atoms with Gasteiger partial charge >= 0.3 is 0 Å². The van der Waals surface area contributed by atoms with Gasteiger partial charge in [-0.1, -0.05) is 18.2 Å². The van der Waals surface area contributed by atoms with Gasteiger partial charge in [-0.15, -0.1) is 0 Å². The summed E-state index contributed by atoms with van der Waals surface area (Å²) in [5.41, 5.74) is 1.61. The maximum absolute atomic E-state index is 12.9. The van der Waals surface area contributed by atoms with E-state index in [1.807, 2.05) is 22.6 Å². The summed E-state index contributed by atoms with van der Waals surface area (Å²) in [6, 6.07) is 11.0. The van der Waals surface area contributed by atoms with Crippen LogP contribution in [0.2, 0.25) is 0 Å². The summed E-state index contributed by atoms with van der Waals surface area (Å²) < 4.78 is 13.6. The Hall–Kier alpha value is -1.76. The van der Waals surface area contributed by atoms with E-state index in [9.17, 15) is 14.0 Å². The van der Waals surface area contributed by atoms with E-state index < -0.39 is 0 Å². The Morgan fingerprint density at radius 1 is 1.00 bits per heavy atom. The molecule has 0 saturated carbocycles. The van der Waals surface area contributed by atoms with E-state index in [-0.39, 0.29) is 24.2 Å². The minimum Gasteiger partial charge on any atom is -0.270 e. The smallest absolute Gasteiger partial charge is 0.262 e. The standard InChI is InChI=1S/C15H9FINO2/c16-10-6-4-9(5-7-10)8-18-14(19)11-2-1-3-12(17)13(11)15(18)20/h1-7H,8H2. The van der Waals surface area contributed by atoms with Crippen LogP contribution in [0.4, 0.5) is 4.39 Å². The lowest BCUT2D eigenvalue weighted by Crippen LogP contribution is -2.29. The molecule has 2 amide bonds. The molecule has 0 saturated heterocycles. The Morgan fingerprint density at radius 2 is 1.70 bits per heavy atom. The first kappa shape index (κ1) is 13.2. The van der Waals surface area contributed by atoms with Gasteiger partial charge < -0.3 is 0 Å². The third-order valence-corrected chi connectivity index (χ3v) is 4.10. The van der Waals surface area contributed by atoms with Crippen LogP contribution >= 0.6 is 22.6 Å². The topological polar surface area (TPSA) is 37.4 Å². The number of nitrogens with zero attached hydrogens (tertiary/aromatic N) is 1. The van der Waals surface area contributed by atoms with Crippen LogP contribution < -0.4 is 0 Å². The van der Waals surface area contributed by atoms with Crippen LogP contribution in [0.25, 0.3) is 0 Å². The molecule has 2 aromatic carbocycles. The van der Waals surface area contributed by atoms with E-state index >= 15 is 0 Å². The third kappa shape index (κ3) is 2.11. The fourth-order valence-corrected chi connectivity index (χ4v) is 2.94. The molecule has 0 aromatic heterocycles. The van der Waals surface area contributed by atoms with Crippen molar-refractivity contribution in [3.63, 3.8) is 0 Å². The molecule has 0 unspecified atom stereocenters. The Kier molecular flexibility index (Phi) is 3.29. The molecule has 1 aliphatic rings. The van der Waals surface area contributed by atoms with Crippen molar-refractivity contribution in [1.82, 2.24) is 4.90 Å². The second kappa shape index (κ2) is 4.97. The summed E-state index contributed by atoms with van der Waals surface area (Å²) >= 11 is 2.05. The van der Waals surface area contributed by atoms with Crippen LogP contribution in [0.1, 0.15) is 26.3 Å². The summed E-state index contributed by atoms with van der Waals surface area (Å²) in [7, 11) is 0. The fraction of sp³-hybridized carbons (Fsp3) is 0.0667. The van der Waals surface area contributed by atoms with Gasteiger partial charge in [0.05, 0.1) is 17.7 Å². The molecule has 3 rings (SSSR count). The predicted octanol–water partition coefficient (Wildman–Crippen LogP) is 3.23.